The van der Waals surface area contributed by atoms with Gasteiger partial charge in [0.1, 0.15) is 6.33 Å². The predicted molar refractivity (Wildman–Crippen MR) is 50.1 cm³/mol. The molecule has 0 aliphatic carbocycles. The normalized spacial score (nSPS) is 10.4. The molecule has 0 bridgehead atoms. The van der Waals surface area contributed by atoms with Gasteiger partial charge in [0.2, 0.25) is 0 Å². The van der Waals surface area contributed by atoms with Crippen molar-refractivity contribution in [3.63, 3.8) is 0 Å². The van der Waals surface area contributed by atoms with Gasteiger partial charge < -0.3 is 4.72 Å². The summed E-state index contributed by atoms with van der Waals surface area (Å²) in [5.74, 6) is 0. The summed E-state index contributed by atoms with van der Waals surface area (Å²) < 4.78 is 4.85. The minimum Gasteiger partial charge on any atom is -0.329 e. The number of hydrogen-bond donors (Lipinski definition) is 1. The standard InChI is InChI=1S/C7H8N4S/c1-12-10-6-2-3-7-8-5-9-11(7)4-6/h2-5,10H,1H3. The van der Waals surface area contributed by atoms with Crippen molar-refractivity contribution in [3.8, 4) is 0 Å². The summed E-state index contributed by atoms with van der Waals surface area (Å²) in [4.78, 5) is 4.04. The van der Waals surface area contributed by atoms with Gasteiger partial charge in [-0.25, -0.2) is 9.50 Å². The molecule has 0 aromatic carbocycles. The van der Waals surface area contributed by atoms with Crippen LogP contribution in [0, 0.1) is 0 Å². The third-order valence-electron chi connectivity index (χ3n) is 1.49. The van der Waals surface area contributed by atoms with Gasteiger partial charge in [-0.05, 0) is 12.1 Å². The SMILES string of the molecule is CSNc1ccc2ncnn2c1. The number of fused-ring (bicyclic) bond motifs is 1. The van der Waals surface area contributed by atoms with Gasteiger partial charge in [0.15, 0.2) is 5.65 Å². The number of anilines is 1. The Balaban J connectivity index is 2.46. The predicted octanol–water partition coefficient (Wildman–Crippen LogP) is 1.42. The van der Waals surface area contributed by atoms with Gasteiger partial charge in [0.05, 0.1) is 11.9 Å². The molecule has 5 heteroatoms. The third kappa shape index (κ3) is 1.23. The number of hydrogen-bond acceptors (Lipinski definition) is 4. The summed E-state index contributed by atoms with van der Waals surface area (Å²) in [6, 6.07) is 3.89. The highest BCUT2D eigenvalue weighted by molar-refractivity contribution is 7.99. The van der Waals surface area contributed by atoms with Crippen molar-refractivity contribution in [2.45, 2.75) is 0 Å². The molecule has 12 heavy (non-hydrogen) atoms. The zero-order valence-corrected chi connectivity index (χ0v) is 7.38. The van der Waals surface area contributed by atoms with Crippen LogP contribution in [-0.4, -0.2) is 20.9 Å². The Morgan fingerprint density at radius 2 is 2.42 bits per heavy atom. The average molecular weight is 180 g/mol. The van der Waals surface area contributed by atoms with Crippen LogP contribution in [0.1, 0.15) is 0 Å². The highest BCUT2D eigenvalue weighted by Gasteiger charge is 1.95. The number of pyridine rings is 1. The van der Waals surface area contributed by atoms with Crippen molar-refractivity contribution in [2.24, 2.45) is 0 Å². The van der Waals surface area contributed by atoms with E-state index in [0.717, 1.165) is 11.3 Å². The Labute approximate surface area is 74.1 Å². The summed E-state index contributed by atoms with van der Waals surface area (Å²) >= 11 is 1.55. The number of nitrogens with one attached hydrogen (secondary N) is 1. The monoisotopic (exact) mass is 180 g/mol. The van der Waals surface area contributed by atoms with E-state index in [4.69, 9.17) is 0 Å². The molecule has 4 nitrogen and oxygen atoms in total. The van der Waals surface area contributed by atoms with Gasteiger partial charge in [-0.15, -0.1) is 0 Å². The van der Waals surface area contributed by atoms with Gasteiger partial charge in [0.25, 0.3) is 0 Å². The molecular weight excluding hydrogens is 172 g/mol. The first kappa shape index (κ1) is 7.42. The van der Waals surface area contributed by atoms with Gasteiger partial charge in [-0.3, -0.25) is 0 Å². The lowest BCUT2D eigenvalue weighted by molar-refractivity contribution is 0.963. The maximum Gasteiger partial charge on any atom is 0.155 e. The van der Waals surface area contributed by atoms with Gasteiger partial charge in [-0.1, -0.05) is 11.9 Å². The molecular formula is C7H8N4S. The van der Waals surface area contributed by atoms with E-state index in [1.165, 1.54) is 6.33 Å². The van der Waals surface area contributed by atoms with Crippen LogP contribution < -0.4 is 4.72 Å². The quantitative estimate of drug-likeness (QED) is 0.710. The zero-order valence-electron chi connectivity index (χ0n) is 6.56. The van der Waals surface area contributed by atoms with E-state index < -0.39 is 0 Å². The van der Waals surface area contributed by atoms with Gasteiger partial charge in [0, 0.05) is 6.26 Å². The van der Waals surface area contributed by atoms with E-state index in [-0.39, 0.29) is 0 Å². The molecule has 0 fully saturated rings. The third-order valence-corrected chi connectivity index (χ3v) is 1.93. The summed E-state index contributed by atoms with van der Waals surface area (Å²) in [6.45, 7) is 0. The van der Waals surface area contributed by atoms with Crippen molar-refractivity contribution < 1.29 is 0 Å². The molecule has 62 valence electrons. The van der Waals surface area contributed by atoms with Crippen LogP contribution in [0.25, 0.3) is 5.65 Å². The van der Waals surface area contributed by atoms with Crippen LogP contribution in [0.3, 0.4) is 0 Å². The van der Waals surface area contributed by atoms with E-state index in [2.05, 4.69) is 14.8 Å². The van der Waals surface area contributed by atoms with E-state index >= 15 is 0 Å². The molecule has 0 aliphatic rings. The molecule has 0 saturated heterocycles. The summed E-state index contributed by atoms with van der Waals surface area (Å²) in [5.41, 5.74) is 1.89. The first-order valence-electron chi connectivity index (χ1n) is 3.48. The van der Waals surface area contributed by atoms with E-state index in [1.54, 1.807) is 16.5 Å². The molecule has 0 atom stereocenters. The van der Waals surface area contributed by atoms with Crippen LogP contribution >= 0.6 is 11.9 Å². The highest BCUT2D eigenvalue weighted by atomic mass is 32.2. The molecule has 2 heterocycles. The Morgan fingerprint density at radius 1 is 1.50 bits per heavy atom. The second-order valence-corrected chi connectivity index (χ2v) is 2.90. The second kappa shape index (κ2) is 3.02. The lowest BCUT2D eigenvalue weighted by atomic mass is 10.4. The van der Waals surface area contributed by atoms with Crippen LogP contribution in [0.2, 0.25) is 0 Å². The van der Waals surface area contributed by atoms with Crippen LogP contribution in [0.4, 0.5) is 5.69 Å². The van der Waals surface area contributed by atoms with E-state index in [0.29, 0.717) is 0 Å². The first-order valence-corrected chi connectivity index (χ1v) is 4.71. The van der Waals surface area contributed by atoms with Gasteiger partial charge in [-0.2, -0.15) is 5.10 Å². The van der Waals surface area contributed by atoms with Crippen molar-refractivity contribution in [2.75, 3.05) is 11.0 Å². The Bertz CT molecular complexity index is 384. The summed E-state index contributed by atoms with van der Waals surface area (Å²) in [5, 5.41) is 4.02. The lowest BCUT2D eigenvalue weighted by Crippen LogP contribution is -1.90. The molecule has 0 aliphatic heterocycles. The number of rotatable bonds is 2. The first-order chi connectivity index (χ1) is 5.90. The minimum atomic E-state index is 0.863. The van der Waals surface area contributed by atoms with Gasteiger partial charge >= 0.3 is 0 Å². The second-order valence-electron chi connectivity index (χ2n) is 2.29. The Kier molecular flexibility index (Phi) is 1.87. The Morgan fingerprint density at radius 3 is 3.25 bits per heavy atom. The molecule has 0 spiro atoms. The molecule has 0 amide bonds. The number of nitrogens with zero attached hydrogens (tertiary/aromatic N) is 3. The molecule has 1 N–H and O–H groups in total. The average Bonchev–Trinajstić information content (AvgIpc) is 2.51. The van der Waals surface area contributed by atoms with Crippen molar-refractivity contribution in [1.29, 1.82) is 0 Å². The summed E-state index contributed by atoms with van der Waals surface area (Å²) in [6.07, 6.45) is 5.42. The molecule has 2 aromatic rings. The molecule has 0 unspecified atom stereocenters. The van der Waals surface area contributed by atoms with Crippen molar-refractivity contribution >= 4 is 23.3 Å². The maximum atomic E-state index is 4.04. The Hall–Kier alpha value is -1.23. The minimum absolute atomic E-state index is 0.863. The highest BCUT2D eigenvalue weighted by Crippen LogP contribution is 2.10. The van der Waals surface area contributed by atoms with Crippen molar-refractivity contribution in [3.05, 3.63) is 24.7 Å². The largest absolute Gasteiger partial charge is 0.329 e. The zero-order chi connectivity index (χ0) is 8.39. The van der Waals surface area contributed by atoms with Crippen LogP contribution in [0.5, 0.6) is 0 Å². The molecule has 2 rings (SSSR count). The molecule has 0 saturated carbocycles. The van der Waals surface area contributed by atoms with E-state index in [1.807, 2.05) is 24.6 Å². The fraction of sp³-hybridized carbons (Fsp3) is 0.143. The fourth-order valence-electron chi connectivity index (χ4n) is 0.995. The summed E-state index contributed by atoms with van der Waals surface area (Å²) in [7, 11) is 0. The molecule has 0 radical (unpaired) electrons. The maximum absolute atomic E-state index is 4.04. The number of aromatic nitrogens is 3. The fourth-order valence-corrected chi connectivity index (χ4v) is 1.35. The lowest BCUT2D eigenvalue weighted by Gasteiger charge is -2.00. The molecule has 2 aromatic heterocycles. The smallest absolute Gasteiger partial charge is 0.155 e. The van der Waals surface area contributed by atoms with Crippen LogP contribution in [-0.2, 0) is 0 Å². The van der Waals surface area contributed by atoms with Crippen LogP contribution in [0.15, 0.2) is 24.7 Å². The van der Waals surface area contributed by atoms with E-state index in [9.17, 15) is 0 Å². The van der Waals surface area contributed by atoms with Crippen molar-refractivity contribution in [1.82, 2.24) is 14.6 Å². The topological polar surface area (TPSA) is 42.2 Å².